The van der Waals surface area contributed by atoms with Gasteiger partial charge >= 0.3 is 12.2 Å². The number of ether oxygens (including phenoxy) is 2. The van der Waals surface area contributed by atoms with Gasteiger partial charge in [-0.05, 0) is 38.6 Å². The van der Waals surface area contributed by atoms with E-state index in [4.69, 9.17) is 9.47 Å². The molecule has 0 bridgehead atoms. The fourth-order valence-electron chi connectivity index (χ4n) is 5.24. The molecule has 2 aliphatic rings. The standard InChI is InChI=1S/C18H23NO4S.C16H20BrNO3/c1-4-15-10-19(11-16(15)17(20)13-24(2,3)22)18(21)23-12-14-8-6-5-7-9-14;1-2-13-9-18(10-14(13)15(19)8-17)16(20)21-11-12-6-4-3-5-7-12/h5-9,13H,4,10-12H2,1-3H3;3-7,13-14H,2,8-11H2,1H3/t;13-,14+/m.1/s1. The van der Waals surface area contributed by atoms with E-state index in [0.717, 1.165) is 23.1 Å². The molecule has 0 aromatic heterocycles. The zero-order valence-corrected chi connectivity index (χ0v) is 28.8. The van der Waals surface area contributed by atoms with Crippen LogP contribution in [0, 0.1) is 11.8 Å². The highest BCUT2D eigenvalue weighted by Crippen LogP contribution is 2.28. The number of carbonyl (C=O) groups is 4. The van der Waals surface area contributed by atoms with Crippen LogP contribution in [0.4, 0.5) is 9.59 Å². The number of hydrogen-bond acceptors (Lipinski definition) is 7. The zero-order valence-electron chi connectivity index (χ0n) is 26.4. The third-order valence-electron chi connectivity index (χ3n) is 7.71. The maximum Gasteiger partial charge on any atom is 0.410 e. The van der Waals surface area contributed by atoms with Crippen molar-refractivity contribution in [2.24, 2.45) is 11.8 Å². The van der Waals surface area contributed by atoms with Crippen molar-refractivity contribution in [1.82, 2.24) is 9.80 Å². The summed E-state index contributed by atoms with van der Waals surface area (Å²) in [5.74, 6) is 0.0818. The summed E-state index contributed by atoms with van der Waals surface area (Å²) in [6, 6.07) is 19.0. The van der Waals surface area contributed by atoms with Gasteiger partial charge in [-0.3, -0.25) is 18.7 Å². The van der Waals surface area contributed by atoms with Crippen LogP contribution >= 0.6 is 15.9 Å². The largest absolute Gasteiger partial charge is 0.445 e. The molecule has 0 saturated carbocycles. The van der Waals surface area contributed by atoms with Gasteiger partial charge in [0.15, 0.2) is 5.78 Å². The zero-order chi connectivity index (χ0) is 33.0. The van der Waals surface area contributed by atoms with Crippen LogP contribution in [0.2, 0.25) is 0 Å². The van der Waals surface area contributed by atoms with E-state index in [-0.39, 0.29) is 49.3 Å². The van der Waals surface area contributed by atoms with E-state index in [1.165, 1.54) is 22.8 Å². The summed E-state index contributed by atoms with van der Waals surface area (Å²) in [6.07, 6.45) is 3.84. The Bertz CT molecular complexity index is 1480. The van der Waals surface area contributed by atoms with Gasteiger partial charge < -0.3 is 14.4 Å². The van der Waals surface area contributed by atoms with Crippen LogP contribution in [-0.4, -0.2) is 87.1 Å². The number of amides is 2. The maximum atomic E-state index is 12.3. The first-order chi connectivity index (χ1) is 21.4. The van der Waals surface area contributed by atoms with Crippen molar-refractivity contribution < 1.29 is 32.9 Å². The lowest BCUT2D eigenvalue weighted by Gasteiger charge is -2.16. The van der Waals surface area contributed by atoms with Gasteiger partial charge in [0.25, 0.3) is 0 Å². The minimum Gasteiger partial charge on any atom is -0.445 e. The molecule has 0 unspecified atom stereocenters. The minimum absolute atomic E-state index is 0.0707. The predicted octanol–water partition coefficient (Wildman–Crippen LogP) is 5.51. The van der Waals surface area contributed by atoms with Crippen LogP contribution in [0.3, 0.4) is 0 Å². The fraction of sp³-hybridized carbons (Fsp3) is 0.441. The number of Topliss-reactive ketones (excluding diaryl/α,β-unsaturated/α-hetero) is 2. The number of ketones is 2. The average Bonchev–Trinajstić information content (AvgIpc) is 3.68. The highest BCUT2D eigenvalue weighted by molar-refractivity contribution is 9.09. The number of likely N-dealkylation sites (tertiary alicyclic amines) is 1. The lowest BCUT2D eigenvalue weighted by atomic mass is 9.91. The van der Waals surface area contributed by atoms with E-state index in [1.807, 2.05) is 67.6 Å². The summed E-state index contributed by atoms with van der Waals surface area (Å²) in [7, 11) is -2.27. The van der Waals surface area contributed by atoms with Gasteiger partial charge in [-0.25, -0.2) is 9.59 Å². The number of rotatable bonds is 10. The van der Waals surface area contributed by atoms with Crippen molar-refractivity contribution in [2.75, 3.05) is 44.0 Å². The predicted molar refractivity (Wildman–Crippen MR) is 181 cm³/mol. The van der Waals surface area contributed by atoms with Gasteiger partial charge in [-0.15, -0.1) is 0 Å². The number of nitrogens with zero attached hydrogens (tertiary/aromatic N) is 2. The molecule has 45 heavy (non-hydrogen) atoms. The van der Waals surface area contributed by atoms with Crippen molar-refractivity contribution in [2.45, 2.75) is 39.9 Å². The molecule has 2 aromatic rings. The Kier molecular flexibility index (Phi) is 13.9. The SMILES string of the molecule is CCC1=C(C(=O)C=S(C)(C)=O)CN(C(=O)OCc2ccccc2)C1.CC[C@@H]1CN(C(=O)OCc2ccccc2)C[C@@H]1C(=O)CBr. The maximum absolute atomic E-state index is 12.3. The second-order valence-corrected chi connectivity index (χ2v) is 14.9. The highest BCUT2D eigenvalue weighted by atomic mass is 79.9. The summed E-state index contributed by atoms with van der Waals surface area (Å²) in [4.78, 5) is 51.7. The van der Waals surface area contributed by atoms with E-state index >= 15 is 0 Å². The Hall–Kier alpha value is -3.44. The van der Waals surface area contributed by atoms with Crippen LogP contribution in [0.1, 0.15) is 37.8 Å². The Labute approximate surface area is 275 Å². The second kappa shape index (κ2) is 17.3. The summed E-state index contributed by atoms with van der Waals surface area (Å²) in [5.41, 5.74) is 3.34. The number of hydrogen-bond donors (Lipinski definition) is 0. The number of alkyl halides is 1. The van der Waals surface area contributed by atoms with Crippen LogP contribution in [0.15, 0.2) is 71.8 Å². The Balaban J connectivity index is 0.000000248. The van der Waals surface area contributed by atoms with Crippen LogP contribution < -0.4 is 0 Å². The quantitative estimate of drug-likeness (QED) is 0.237. The lowest BCUT2D eigenvalue weighted by Crippen LogP contribution is -2.30. The minimum atomic E-state index is -2.27. The van der Waals surface area contributed by atoms with Crippen LogP contribution in [0.25, 0.3) is 0 Å². The monoisotopic (exact) mass is 702 g/mol. The Morgan fingerprint density at radius 1 is 0.844 bits per heavy atom. The second-order valence-electron chi connectivity index (χ2n) is 11.4. The first-order valence-corrected chi connectivity index (χ1v) is 18.6. The smallest absolute Gasteiger partial charge is 0.410 e. The fourth-order valence-corrected chi connectivity index (χ4v) is 6.31. The van der Waals surface area contributed by atoms with E-state index in [1.54, 1.807) is 4.90 Å². The number of benzene rings is 2. The van der Waals surface area contributed by atoms with Crippen LogP contribution in [-0.2, 0) is 41.8 Å². The third kappa shape index (κ3) is 11.1. The Morgan fingerprint density at radius 3 is 1.84 bits per heavy atom. The number of carbonyl (C=O) groups excluding carboxylic acids is 4. The molecule has 9 nitrogen and oxygen atoms in total. The van der Waals surface area contributed by atoms with Gasteiger partial charge in [-0.2, -0.15) is 0 Å². The molecule has 2 aliphatic heterocycles. The molecule has 0 spiro atoms. The van der Waals surface area contributed by atoms with Gasteiger partial charge in [0.1, 0.15) is 19.0 Å². The molecule has 0 radical (unpaired) electrons. The van der Waals surface area contributed by atoms with E-state index in [9.17, 15) is 23.4 Å². The van der Waals surface area contributed by atoms with Gasteiger partial charge in [0.2, 0.25) is 0 Å². The molecule has 2 atom stereocenters. The molecule has 0 aliphatic carbocycles. The molecular weight excluding hydrogens is 660 g/mol. The molecular formula is C34H43BrN2O7S. The molecule has 2 heterocycles. The van der Waals surface area contributed by atoms with E-state index in [0.29, 0.717) is 37.0 Å². The summed E-state index contributed by atoms with van der Waals surface area (Å²) < 4.78 is 22.5. The van der Waals surface area contributed by atoms with E-state index < -0.39 is 15.6 Å². The van der Waals surface area contributed by atoms with Crippen LogP contribution in [0.5, 0.6) is 0 Å². The lowest BCUT2D eigenvalue weighted by molar-refractivity contribution is -0.120. The molecule has 0 N–H and O–H groups in total. The summed E-state index contributed by atoms with van der Waals surface area (Å²) >= 11 is 3.22. The average molecular weight is 704 g/mol. The van der Waals surface area contributed by atoms with Crippen molar-refractivity contribution in [3.8, 4) is 0 Å². The molecule has 2 amide bonds. The Morgan fingerprint density at radius 2 is 1.38 bits per heavy atom. The van der Waals surface area contributed by atoms with Crippen molar-refractivity contribution in [3.63, 3.8) is 0 Å². The molecule has 1 saturated heterocycles. The molecule has 4 rings (SSSR count). The molecule has 1 fully saturated rings. The van der Waals surface area contributed by atoms with Crippen molar-refractivity contribution >= 4 is 54.6 Å². The summed E-state index contributed by atoms with van der Waals surface area (Å²) in [5, 5.41) is 1.61. The van der Waals surface area contributed by atoms with Gasteiger partial charge in [-0.1, -0.05) is 96.9 Å². The molecule has 11 heteroatoms. The normalized spacial score (nSPS) is 17.8. The highest BCUT2D eigenvalue weighted by Gasteiger charge is 2.38. The summed E-state index contributed by atoms with van der Waals surface area (Å²) in [6.45, 7) is 6.13. The first kappa shape index (κ1) is 36.0. The van der Waals surface area contributed by atoms with Gasteiger partial charge in [0, 0.05) is 49.0 Å². The van der Waals surface area contributed by atoms with Crippen molar-refractivity contribution in [3.05, 3.63) is 82.9 Å². The topological polar surface area (TPSA) is 110 Å². The third-order valence-corrected chi connectivity index (χ3v) is 9.04. The van der Waals surface area contributed by atoms with Crippen molar-refractivity contribution in [1.29, 1.82) is 0 Å². The molecule has 244 valence electrons. The van der Waals surface area contributed by atoms with Gasteiger partial charge in [0.05, 0.1) is 11.9 Å². The molecule has 2 aromatic carbocycles. The number of halogens is 1. The first-order valence-electron chi connectivity index (χ1n) is 15.0. The van der Waals surface area contributed by atoms with E-state index in [2.05, 4.69) is 22.9 Å².